The van der Waals surface area contributed by atoms with Crippen molar-refractivity contribution in [2.24, 2.45) is 5.92 Å². The number of piperazine rings is 1. The van der Waals surface area contributed by atoms with Crippen LogP contribution in [-0.4, -0.2) is 47.1 Å². The highest BCUT2D eigenvalue weighted by molar-refractivity contribution is 5.74. The molecule has 1 atom stereocenters. The lowest BCUT2D eigenvalue weighted by Gasteiger charge is -2.44. The number of hydrogen-bond donors (Lipinski definition) is 0. The quantitative estimate of drug-likeness (QED) is 0.783. The van der Waals surface area contributed by atoms with E-state index in [0.29, 0.717) is 37.1 Å². The maximum absolute atomic E-state index is 12.1. The van der Waals surface area contributed by atoms with Gasteiger partial charge in [0, 0.05) is 44.5 Å². The van der Waals surface area contributed by atoms with E-state index in [1.54, 1.807) is 6.92 Å². The zero-order chi connectivity index (χ0) is 20.9. The number of pyridine rings is 1. The molecular weight excluding hydrogens is 364 g/mol. The van der Waals surface area contributed by atoms with Crippen molar-refractivity contribution in [3.8, 4) is 6.07 Å². The molecule has 0 aromatic carbocycles. The van der Waals surface area contributed by atoms with Crippen molar-refractivity contribution in [2.45, 2.75) is 78.0 Å². The number of hydrogen-bond acceptors (Lipinski definition) is 5. The first-order valence-electron chi connectivity index (χ1n) is 10.8. The van der Waals surface area contributed by atoms with Gasteiger partial charge in [-0.3, -0.25) is 4.79 Å². The Morgan fingerprint density at radius 1 is 1.28 bits per heavy atom. The van der Waals surface area contributed by atoms with Crippen LogP contribution < -0.4 is 4.90 Å². The Balaban J connectivity index is 1.77. The van der Waals surface area contributed by atoms with E-state index in [1.807, 2.05) is 4.90 Å². The minimum atomic E-state index is -0.272. The summed E-state index contributed by atoms with van der Waals surface area (Å²) in [5.74, 6) is 1.79. The molecule has 1 amide bonds. The Hall–Kier alpha value is -2.13. The maximum Gasteiger partial charge on any atom is 0.219 e. The third-order valence-electron chi connectivity index (χ3n) is 6.60. The van der Waals surface area contributed by atoms with Crippen LogP contribution in [0.25, 0.3) is 0 Å². The van der Waals surface area contributed by atoms with Gasteiger partial charge in [-0.05, 0) is 38.2 Å². The first-order valence-corrected chi connectivity index (χ1v) is 10.8. The molecule has 1 unspecified atom stereocenters. The van der Waals surface area contributed by atoms with Gasteiger partial charge in [0.1, 0.15) is 11.9 Å². The summed E-state index contributed by atoms with van der Waals surface area (Å²) in [5, 5.41) is 10.1. The molecule has 0 radical (unpaired) electrons. The van der Waals surface area contributed by atoms with Crippen LogP contribution in [0.4, 0.5) is 5.82 Å². The highest BCUT2D eigenvalue weighted by atomic mass is 16.5. The molecule has 2 aliphatic heterocycles. The van der Waals surface area contributed by atoms with Crippen LogP contribution in [0.2, 0.25) is 0 Å². The van der Waals surface area contributed by atoms with Crippen molar-refractivity contribution in [1.29, 1.82) is 5.26 Å². The predicted octanol–water partition coefficient (Wildman–Crippen LogP) is 3.38. The highest BCUT2D eigenvalue weighted by Gasteiger charge is 2.39. The van der Waals surface area contributed by atoms with E-state index in [9.17, 15) is 10.1 Å². The molecule has 6 heteroatoms. The predicted molar refractivity (Wildman–Crippen MR) is 112 cm³/mol. The van der Waals surface area contributed by atoms with Gasteiger partial charge in [-0.25, -0.2) is 4.98 Å². The largest absolute Gasteiger partial charge is 0.370 e. The summed E-state index contributed by atoms with van der Waals surface area (Å²) in [6, 6.07) is 2.62. The number of nitrogens with zero attached hydrogens (tertiary/aromatic N) is 4. The number of amides is 1. The lowest BCUT2D eigenvalue weighted by molar-refractivity contribution is -0.132. The van der Waals surface area contributed by atoms with Gasteiger partial charge in [0.2, 0.25) is 5.91 Å². The molecule has 156 valence electrons. The minimum Gasteiger partial charge on any atom is -0.370 e. The Morgan fingerprint density at radius 2 is 2.00 bits per heavy atom. The fraction of sp³-hybridized carbons (Fsp3) is 0.696. The molecule has 29 heavy (non-hydrogen) atoms. The number of fused-ring (bicyclic) bond motifs is 1. The molecule has 1 saturated carbocycles. The minimum absolute atomic E-state index is 0.125. The van der Waals surface area contributed by atoms with E-state index in [0.717, 1.165) is 35.6 Å². The van der Waals surface area contributed by atoms with Gasteiger partial charge in [0.15, 0.2) is 0 Å². The van der Waals surface area contributed by atoms with Crippen LogP contribution in [0.15, 0.2) is 0 Å². The van der Waals surface area contributed by atoms with E-state index in [-0.39, 0.29) is 17.6 Å². The molecule has 1 aromatic heterocycles. The zero-order valence-electron chi connectivity index (χ0n) is 18.3. The van der Waals surface area contributed by atoms with Crippen molar-refractivity contribution in [1.82, 2.24) is 9.88 Å². The molecule has 0 N–H and O–H groups in total. The summed E-state index contributed by atoms with van der Waals surface area (Å²) >= 11 is 0. The van der Waals surface area contributed by atoms with Gasteiger partial charge >= 0.3 is 0 Å². The van der Waals surface area contributed by atoms with Gasteiger partial charge in [-0.15, -0.1) is 0 Å². The molecule has 4 rings (SSSR count). The first-order chi connectivity index (χ1) is 13.7. The standard InChI is InChI=1S/C23H32N4O2/c1-14(2)20-12-26(8-9-27(20)15(3)28)22-18(11-24)17-10-23(4,5)29-13-19(17)21(25-22)16-6-7-16/h14,16,20H,6-10,12-13H2,1-5H3. The second kappa shape index (κ2) is 7.28. The second-order valence-corrected chi connectivity index (χ2v) is 9.73. The molecule has 2 fully saturated rings. The van der Waals surface area contributed by atoms with E-state index in [2.05, 4.69) is 38.7 Å². The van der Waals surface area contributed by atoms with Crippen molar-refractivity contribution in [3.63, 3.8) is 0 Å². The Labute approximate surface area is 173 Å². The number of rotatable bonds is 3. The number of carbonyl (C=O) groups excluding carboxylic acids is 1. The fourth-order valence-corrected chi connectivity index (χ4v) is 4.78. The van der Waals surface area contributed by atoms with E-state index < -0.39 is 0 Å². The third-order valence-corrected chi connectivity index (χ3v) is 6.60. The molecule has 1 aromatic rings. The number of aromatic nitrogens is 1. The van der Waals surface area contributed by atoms with Crippen molar-refractivity contribution < 1.29 is 9.53 Å². The van der Waals surface area contributed by atoms with Gasteiger partial charge in [-0.1, -0.05) is 13.8 Å². The monoisotopic (exact) mass is 396 g/mol. The van der Waals surface area contributed by atoms with Gasteiger partial charge in [0.05, 0.1) is 29.5 Å². The summed E-state index contributed by atoms with van der Waals surface area (Å²) in [6.07, 6.45) is 3.07. The molecule has 3 heterocycles. The topological polar surface area (TPSA) is 69.5 Å². The van der Waals surface area contributed by atoms with Crippen molar-refractivity contribution in [2.75, 3.05) is 24.5 Å². The molecule has 3 aliphatic rings. The Bertz CT molecular complexity index is 867. The van der Waals surface area contributed by atoms with Crippen LogP contribution in [-0.2, 0) is 22.6 Å². The van der Waals surface area contributed by atoms with E-state index in [4.69, 9.17) is 9.72 Å². The van der Waals surface area contributed by atoms with Crippen LogP contribution in [0.5, 0.6) is 0 Å². The normalized spacial score (nSPS) is 23.7. The maximum atomic E-state index is 12.1. The lowest BCUT2D eigenvalue weighted by atomic mass is 9.87. The van der Waals surface area contributed by atoms with Crippen LogP contribution >= 0.6 is 0 Å². The summed E-state index contributed by atoms with van der Waals surface area (Å²) in [7, 11) is 0. The molecule has 6 nitrogen and oxygen atoms in total. The number of anilines is 1. The SMILES string of the molecule is CC(=O)N1CCN(c2nc(C3CC3)c3c(c2C#N)CC(C)(C)OC3)CC1C(C)C. The molecular formula is C23H32N4O2. The fourth-order valence-electron chi connectivity index (χ4n) is 4.78. The summed E-state index contributed by atoms with van der Waals surface area (Å²) < 4.78 is 6.08. The average molecular weight is 397 g/mol. The molecule has 0 bridgehead atoms. The molecule has 1 aliphatic carbocycles. The van der Waals surface area contributed by atoms with Crippen LogP contribution in [0.3, 0.4) is 0 Å². The first kappa shape index (κ1) is 20.2. The highest BCUT2D eigenvalue weighted by Crippen LogP contribution is 2.45. The smallest absolute Gasteiger partial charge is 0.219 e. The lowest BCUT2D eigenvalue weighted by Crippen LogP contribution is -2.57. The third kappa shape index (κ3) is 3.73. The Morgan fingerprint density at radius 3 is 2.59 bits per heavy atom. The number of nitriles is 1. The van der Waals surface area contributed by atoms with Crippen molar-refractivity contribution >= 4 is 11.7 Å². The zero-order valence-corrected chi connectivity index (χ0v) is 18.3. The average Bonchev–Trinajstić information content (AvgIpc) is 3.50. The van der Waals surface area contributed by atoms with Gasteiger partial charge in [0.25, 0.3) is 0 Å². The van der Waals surface area contributed by atoms with Gasteiger partial charge in [-0.2, -0.15) is 5.26 Å². The molecule has 0 spiro atoms. The Kier molecular flexibility index (Phi) is 5.06. The van der Waals surface area contributed by atoms with E-state index in [1.165, 1.54) is 12.8 Å². The second-order valence-electron chi connectivity index (χ2n) is 9.73. The van der Waals surface area contributed by atoms with Crippen LogP contribution in [0, 0.1) is 17.2 Å². The van der Waals surface area contributed by atoms with Crippen molar-refractivity contribution in [3.05, 3.63) is 22.4 Å². The van der Waals surface area contributed by atoms with Crippen LogP contribution in [0.1, 0.15) is 75.8 Å². The number of ether oxygens (including phenoxy) is 1. The summed E-state index contributed by atoms with van der Waals surface area (Å²) in [4.78, 5) is 21.4. The van der Waals surface area contributed by atoms with E-state index >= 15 is 0 Å². The van der Waals surface area contributed by atoms with Gasteiger partial charge < -0.3 is 14.5 Å². The number of carbonyl (C=O) groups is 1. The molecule has 1 saturated heterocycles. The summed E-state index contributed by atoms with van der Waals surface area (Å²) in [6.45, 7) is 12.8. The summed E-state index contributed by atoms with van der Waals surface area (Å²) in [5.41, 5.74) is 3.85.